The van der Waals surface area contributed by atoms with Gasteiger partial charge in [0.25, 0.3) is 0 Å². The third-order valence-electron chi connectivity index (χ3n) is 3.32. The van der Waals surface area contributed by atoms with Gasteiger partial charge in [-0.1, -0.05) is 31.2 Å². The summed E-state index contributed by atoms with van der Waals surface area (Å²) in [4.78, 5) is 10.8. The van der Waals surface area contributed by atoms with Crippen molar-refractivity contribution in [3.8, 4) is 0 Å². The number of carbonyl (C=O) groups is 1. The fourth-order valence-electron chi connectivity index (χ4n) is 2.42. The highest BCUT2D eigenvalue weighted by molar-refractivity contribution is 5.69. The van der Waals surface area contributed by atoms with Crippen LogP contribution in [0.3, 0.4) is 0 Å². The van der Waals surface area contributed by atoms with Crippen molar-refractivity contribution < 1.29 is 9.90 Å². The molecule has 0 aromatic heterocycles. The Morgan fingerprint density at radius 1 is 1.53 bits per heavy atom. The fraction of sp³-hybridized carbons (Fsp3) is 0.462. The van der Waals surface area contributed by atoms with E-state index in [0.717, 1.165) is 19.3 Å². The molecule has 0 saturated carbocycles. The number of aliphatic carboxylic acids is 1. The van der Waals surface area contributed by atoms with Crippen LogP contribution in [0.1, 0.15) is 36.8 Å². The molecule has 15 heavy (non-hydrogen) atoms. The number of aryl methyl sites for hydroxylation is 1. The number of fused-ring (bicyclic) bond motifs is 1. The molecule has 1 aliphatic rings. The minimum absolute atomic E-state index is 0.235. The van der Waals surface area contributed by atoms with Gasteiger partial charge in [0.15, 0.2) is 0 Å². The summed E-state index contributed by atoms with van der Waals surface area (Å²) in [5.74, 6) is -0.465. The van der Waals surface area contributed by atoms with Crippen LogP contribution in [-0.2, 0) is 11.2 Å². The van der Waals surface area contributed by atoms with E-state index < -0.39 is 5.97 Å². The summed E-state index contributed by atoms with van der Waals surface area (Å²) >= 11 is 0. The third kappa shape index (κ3) is 2.04. The Labute approximate surface area is 89.9 Å². The molecule has 2 atom stereocenters. The summed E-state index contributed by atoms with van der Waals surface area (Å²) in [7, 11) is 0. The van der Waals surface area contributed by atoms with E-state index in [1.54, 1.807) is 6.92 Å². The molecule has 0 spiro atoms. The van der Waals surface area contributed by atoms with Crippen LogP contribution in [0.4, 0.5) is 0 Å². The van der Waals surface area contributed by atoms with Crippen molar-refractivity contribution in [3.63, 3.8) is 0 Å². The van der Waals surface area contributed by atoms with Crippen LogP contribution in [0.15, 0.2) is 24.3 Å². The second-order valence-corrected chi connectivity index (χ2v) is 4.41. The minimum Gasteiger partial charge on any atom is -0.481 e. The zero-order valence-electron chi connectivity index (χ0n) is 8.94. The van der Waals surface area contributed by atoms with Crippen LogP contribution in [0.25, 0.3) is 0 Å². The molecule has 1 unspecified atom stereocenters. The van der Waals surface area contributed by atoms with E-state index in [-0.39, 0.29) is 5.92 Å². The summed E-state index contributed by atoms with van der Waals surface area (Å²) in [5.41, 5.74) is 2.77. The van der Waals surface area contributed by atoms with Gasteiger partial charge in [-0.3, -0.25) is 4.79 Å². The average Bonchev–Trinajstić information content (AvgIpc) is 2.62. The quantitative estimate of drug-likeness (QED) is 0.822. The van der Waals surface area contributed by atoms with E-state index in [9.17, 15) is 4.79 Å². The largest absolute Gasteiger partial charge is 0.481 e. The molecule has 0 radical (unpaired) electrons. The average molecular weight is 204 g/mol. The molecule has 0 bridgehead atoms. The van der Waals surface area contributed by atoms with Gasteiger partial charge >= 0.3 is 5.97 Å². The van der Waals surface area contributed by atoms with E-state index in [2.05, 4.69) is 18.2 Å². The summed E-state index contributed by atoms with van der Waals surface area (Å²) in [5, 5.41) is 8.89. The van der Waals surface area contributed by atoms with E-state index >= 15 is 0 Å². The summed E-state index contributed by atoms with van der Waals surface area (Å²) in [6.07, 6.45) is 2.98. The Morgan fingerprint density at radius 3 is 3.00 bits per heavy atom. The summed E-state index contributed by atoms with van der Waals surface area (Å²) in [6, 6.07) is 8.40. The van der Waals surface area contributed by atoms with E-state index in [0.29, 0.717) is 5.92 Å². The Bertz CT molecular complexity index is 371. The summed E-state index contributed by atoms with van der Waals surface area (Å²) < 4.78 is 0. The zero-order valence-corrected chi connectivity index (χ0v) is 8.94. The molecule has 0 heterocycles. The van der Waals surface area contributed by atoms with Gasteiger partial charge in [-0.2, -0.15) is 0 Å². The fourth-order valence-corrected chi connectivity index (χ4v) is 2.42. The first-order valence-corrected chi connectivity index (χ1v) is 5.49. The van der Waals surface area contributed by atoms with Gasteiger partial charge in [0, 0.05) is 0 Å². The third-order valence-corrected chi connectivity index (χ3v) is 3.32. The van der Waals surface area contributed by atoms with Crippen molar-refractivity contribution in [1.29, 1.82) is 0 Å². The lowest BCUT2D eigenvalue weighted by molar-refractivity contribution is -0.141. The molecule has 1 aliphatic carbocycles. The van der Waals surface area contributed by atoms with Crippen molar-refractivity contribution in [3.05, 3.63) is 35.4 Å². The van der Waals surface area contributed by atoms with Crippen LogP contribution < -0.4 is 0 Å². The van der Waals surface area contributed by atoms with Gasteiger partial charge in [0.05, 0.1) is 5.92 Å². The lowest BCUT2D eigenvalue weighted by Gasteiger charge is -2.14. The standard InChI is InChI=1S/C13H16O2/c1-9(13(14)15)8-11-7-6-10-4-2-3-5-12(10)11/h2-5,9,11H,6-8H2,1H3,(H,14,15)/t9-,11?/m0/s1. The lowest BCUT2D eigenvalue weighted by Crippen LogP contribution is -2.12. The maximum absolute atomic E-state index is 10.8. The monoisotopic (exact) mass is 204 g/mol. The first-order chi connectivity index (χ1) is 7.18. The van der Waals surface area contributed by atoms with E-state index in [1.165, 1.54) is 11.1 Å². The number of hydrogen-bond acceptors (Lipinski definition) is 1. The highest BCUT2D eigenvalue weighted by atomic mass is 16.4. The number of rotatable bonds is 3. The van der Waals surface area contributed by atoms with Gasteiger partial charge in [0.1, 0.15) is 0 Å². The molecule has 80 valence electrons. The smallest absolute Gasteiger partial charge is 0.306 e. The summed E-state index contributed by atoms with van der Waals surface area (Å²) in [6.45, 7) is 1.79. The highest BCUT2D eigenvalue weighted by Crippen LogP contribution is 2.37. The molecule has 2 rings (SSSR count). The second kappa shape index (κ2) is 4.05. The van der Waals surface area contributed by atoms with Gasteiger partial charge in [0.2, 0.25) is 0 Å². The van der Waals surface area contributed by atoms with E-state index in [1.807, 2.05) is 6.07 Å². The Hall–Kier alpha value is -1.31. The van der Waals surface area contributed by atoms with Crippen LogP contribution in [0, 0.1) is 5.92 Å². The molecule has 0 aliphatic heterocycles. The Kier molecular flexibility index (Phi) is 2.76. The van der Waals surface area contributed by atoms with Crippen molar-refractivity contribution >= 4 is 5.97 Å². The molecule has 0 fully saturated rings. The molecule has 2 nitrogen and oxygen atoms in total. The van der Waals surface area contributed by atoms with Crippen LogP contribution in [0.2, 0.25) is 0 Å². The van der Waals surface area contributed by atoms with Gasteiger partial charge in [-0.05, 0) is 36.3 Å². The number of carboxylic acids is 1. The van der Waals surface area contributed by atoms with Gasteiger partial charge in [-0.25, -0.2) is 0 Å². The normalized spacial score (nSPS) is 21.0. The number of benzene rings is 1. The molecular weight excluding hydrogens is 188 g/mol. The first-order valence-electron chi connectivity index (χ1n) is 5.49. The van der Waals surface area contributed by atoms with Gasteiger partial charge < -0.3 is 5.11 Å². The SMILES string of the molecule is C[C@@H](CC1CCc2ccccc21)C(=O)O. The number of hydrogen-bond donors (Lipinski definition) is 1. The van der Waals surface area contributed by atoms with Crippen molar-refractivity contribution in [2.45, 2.75) is 32.1 Å². The molecule has 1 aromatic carbocycles. The zero-order chi connectivity index (χ0) is 10.8. The maximum Gasteiger partial charge on any atom is 0.306 e. The molecule has 2 heteroatoms. The predicted molar refractivity (Wildman–Crippen MR) is 58.9 cm³/mol. The number of carboxylic acid groups (broad SMARTS) is 1. The van der Waals surface area contributed by atoms with E-state index in [4.69, 9.17) is 5.11 Å². The first kappa shape index (κ1) is 10.2. The minimum atomic E-state index is -0.681. The van der Waals surface area contributed by atoms with Gasteiger partial charge in [-0.15, -0.1) is 0 Å². The predicted octanol–water partition coefficient (Wildman–Crippen LogP) is 2.83. The van der Waals surface area contributed by atoms with Crippen LogP contribution in [0.5, 0.6) is 0 Å². The molecule has 0 amide bonds. The molecule has 0 saturated heterocycles. The molecule has 1 N–H and O–H groups in total. The van der Waals surface area contributed by atoms with Crippen molar-refractivity contribution in [1.82, 2.24) is 0 Å². The van der Waals surface area contributed by atoms with Crippen LogP contribution in [-0.4, -0.2) is 11.1 Å². The van der Waals surface area contributed by atoms with Crippen LogP contribution >= 0.6 is 0 Å². The second-order valence-electron chi connectivity index (χ2n) is 4.41. The molecule has 1 aromatic rings. The lowest BCUT2D eigenvalue weighted by atomic mass is 9.91. The maximum atomic E-state index is 10.8. The molecular formula is C13H16O2. The van der Waals surface area contributed by atoms with Crippen molar-refractivity contribution in [2.24, 2.45) is 5.92 Å². The highest BCUT2D eigenvalue weighted by Gasteiger charge is 2.25. The Morgan fingerprint density at radius 2 is 2.27 bits per heavy atom. The Balaban J connectivity index is 2.11. The topological polar surface area (TPSA) is 37.3 Å². The van der Waals surface area contributed by atoms with Crippen molar-refractivity contribution in [2.75, 3.05) is 0 Å².